The van der Waals surface area contributed by atoms with Gasteiger partial charge in [0.2, 0.25) is 5.91 Å². The van der Waals surface area contributed by atoms with Crippen LogP contribution < -0.4 is 0 Å². The Morgan fingerprint density at radius 2 is 1.79 bits per heavy atom. The molecular formula is C15H20ClNO2. The molecule has 0 aromatic heterocycles. The van der Waals surface area contributed by atoms with Gasteiger partial charge in [-0.1, -0.05) is 37.6 Å². The number of morpholine rings is 1. The van der Waals surface area contributed by atoms with E-state index in [0.29, 0.717) is 31.3 Å². The Balaban J connectivity index is 2.19. The third kappa shape index (κ3) is 3.48. The molecule has 0 radical (unpaired) electrons. The van der Waals surface area contributed by atoms with Crippen LogP contribution in [0.2, 0.25) is 5.02 Å². The fraction of sp³-hybridized carbons (Fsp3) is 0.533. The highest BCUT2D eigenvalue weighted by Crippen LogP contribution is 2.28. The molecule has 1 aromatic rings. The molecule has 1 heterocycles. The number of ether oxygens (including phenoxy) is 1. The minimum atomic E-state index is -0.102. The summed E-state index contributed by atoms with van der Waals surface area (Å²) in [7, 11) is 0. The minimum absolute atomic E-state index is 0.102. The van der Waals surface area contributed by atoms with Crippen LogP contribution in [0.15, 0.2) is 24.3 Å². The predicted molar refractivity (Wildman–Crippen MR) is 76.4 cm³/mol. The average Bonchev–Trinajstić information content (AvgIpc) is 2.42. The number of hydrogen-bond donors (Lipinski definition) is 0. The molecule has 0 spiro atoms. The minimum Gasteiger partial charge on any atom is -0.378 e. The van der Waals surface area contributed by atoms with Gasteiger partial charge >= 0.3 is 0 Å². The Morgan fingerprint density at radius 3 is 2.32 bits per heavy atom. The molecule has 4 heteroatoms. The van der Waals surface area contributed by atoms with E-state index >= 15 is 0 Å². The molecule has 1 fully saturated rings. The smallest absolute Gasteiger partial charge is 0.230 e. The van der Waals surface area contributed by atoms with Gasteiger partial charge in [-0.3, -0.25) is 4.79 Å². The lowest BCUT2D eigenvalue weighted by molar-refractivity contribution is -0.137. The molecule has 1 atom stereocenters. The van der Waals surface area contributed by atoms with E-state index < -0.39 is 0 Å². The number of carbonyl (C=O) groups excluding carboxylic acids is 1. The third-order valence-corrected chi connectivity index (χ3v) is 3.74. The molecule has 19 heavy (non-hydrogen) atoms. The number of benzene rings is 1. The molecule has 1 aliphatic rings. The van der Waals surface area contributed by atoms with Crippen LogP contribution in [0.25, 0.3) is 0 Å². The largest absolute Gasteiger partial charge is 0.378 e. The summed E-state index contributed by atoms with van der Waals surface area (Å²) in [4.78, 5) is 14.6. The Hall–Kier alpha value is -1.06. The molecule has 0 saturated carbocycles. The lowest BCUT2D eigenvalue weighted by Gasteiger charge is -2.32. The number of rotatable bonds is 3. The Bertz CT molecular complexity index is 424. The molecule has 1 aromatic carbocycles. The molecule has 0 N–H and O–H groups in total. The van der Waals surface area contributed by atoms with Crippen molar-refractivity contribution in [1.29, 1.82) is 0 Å². The maximum atomic E-state index is 12.7. The monoisotopic (exact) mass is 281 g/mol. The Morgan fingerprint density at radius 1 is 1.21 bits per heavy atom. The van der Waals surface area contributed by atoms with Gasteiger partial charge in [0.05, 0.1) is 19.1 Å². The first-order valence-electron chi connectivity index (χ1n) is 6.71. The maximum Gasteiger partial charge on any atom is 0.230 e. The van der Waals surface area contributed by atoms with Crippen LogP contribution in [0.4, 0.5) is 0 Å². The lowest BCUT2D eigenvalue weighted by atomic mass is 9.87. The molecule has 3 nitrogen and oxygen atoms in total. The fourth-order valence-corrected chi connectivity index (χ4v) is 2.59. The van der Waals surface area contributed by atoms with Crippen LogP contribution in [-0.4, -0.2) is 37.1 Å². The van der Waals surface area contributed by atoms with Crippen LogP contribution in [-0.2, 0) is 9.53 Å². The van der Waals surface area contributed by atoms with E-state index in [2.05, 4.69) is 13.8 Å². The van der Waals surface area contributed by atoms with Crippen molar-refractivity contribution < 1.29 is 9.53 Å². The highest BCUT2D eigenvalue weighted by molar-refractivity contribution is 6.30. The fourth-order valence-electron chi connectivity index (χ4n) is 2.46. The second kappa shape index (κ2) is 6.40. The van der Waals surface area contributed by atoms with Gasteiger partial charge in [0.1, 0.15) is 0 Å². The average molecular weight is 282 g/mol. The van der Waals surface area contributed by atoms with Crippen LogP contribution in [0, 0.1) is 5.92 Å². The summed E-state index contributed by atoms with van der Waals surface area (Å²) in [6, 6.07) is 7.59. The number of amides is 1. The SMILES string of the molecule is CC(C)C(C(=O)N1CCOCC1)c1ccc(Cl)cc1. The van der Waals surface area contributed by atoms with E-state index in [0.717, 1.165) is 5.56 Å². The van der Waals surface area contributed by atoms with Crippen molar-refractivity contribution in [3.63, 3.8) is 0 Å². The van der Waals surface area contributed by atoms with Gasteiger partial charge in [0.25, 0.3) is 0 Å². The van der Waals surface area contributed by atoms with Gasteiger partial charge in [-0.2, -0.15) is 0 Å². The number of carbonyl (C=O) groups is 1. The summed E-state index contributed by atoms with van der Waals surface area (Å²) in [5, 5.41) is 0.699. The summed E-state index contributed by atoms with van der Waals surface area (Å²) in [5.74, 6) is 0.354. The van der Waals surface area contributed by atoms with Gasteiger partial charge in [-0.15, -0.1) is 0 Å². The van der Waals surface area contributed by atoms with Crippen LogP contribution >= 0.6 is 11.6 Å². The van der Waals surface area contributed by atoms with Gasteiger partial charge in [-0.05, 0) is 23.6 Å². The molecule has 2 rings (SSSR count). The normalized spacial score (nSPS) is 17.6. The second-order valence-corrected chi connectivity index (χ2v) is 5.65. The molecular weight excluding hydrogens is 262 g/mol. The Labute approximate surface area is 119 Å². The van der Waals surface area contributed by atoms with E-state index in [1.54, 1.807) is 0 Å². The van der Waals surface area contributed by atoms with Crippen LogP contribution in [0.3, 0.4) is 0 Å². The van der Waals surface area contributed by atoms with E-state index in [1.807, 2.05) is 29.2 Å². The summed E-state index contributed by atoms with van der Waals surface area (Å²) in [5.41, 5.74) is 1.04. The first kappa shape index (κ1) is 14.4. The molecule has 1 aliphatic heterocycles. The summed E-state index contributed by atoms with van der Waals surface area (Å²) < 4.78 is 5.30. The van der Waals surface area contributed by atoms with E-state index in [4.69, 9.17) is 16.3 Å². The van der Waals surface area contributed by atoms with Crippen LogP contribution in [0.5, 0.6) is 0 Å². The van der Waals surface area contributed by atoms with Crippen molar-refractivity contribution in [2.24, 2.45) is 5.92 Å². The quantitative estimate of drug-likeness (QED) is 0.852. The third-order valence-electron chi connectivity index (χ3n) is 3.48. The standard InChI is InChI=1S/C15H20ClNO2/c1-11(2)14(12-3-5-13(16)6-4-12)15(18)17-7-9-19-10-8-17/h3-6,11,14H,7-10H2,1-2H3. The topological polar surface area (TPSA) is 29.5 Å². The van der Waals surface area contributed by atoms with Gasteiger partial charge in [0.15, 0.2) is 0 Å². The highest BCUT2D eigenvalue weighted by atomic mass is 35.5. The molecule has 0 bridgehead atoms. The zero-order valence-electron chi connectivity index (χ0n) is 11.4. The highest BCUT2D eigenvalue weighted by Gasteiger charge is 2.29. The number of nitrogens with zero attached hydrogens (tertiary/aromatic N) is 1. The summed E-state index contributed by atoms with van der Waals surface area (Å²) in [6.07, 6.45) is 0. The first-order valence-corrected chi connectivity index (χ1v) is 7.09. The van der Waals surface area contributed by atoms with Crippen LogP contribution in [0.1, 0.15) is 25.3 Å². The zero-order chi connectivity index (χ0) is 13.8. The molecule has 104 valence electrons. The molecule has 0 aliphatic carbocycles. The molecule has 1 saturated heterocycles. The van der Waals surface area contributed by atoms with Gasteiger partial charge in [0, 0.05) is 18.1 Å². The van der Waals surface area contributed by atoms with Crippen molar-refractivity contribution >= 4 is 17.5 Å². The van der Waals surface area contributed by atoms with Crippen molar-refractivity contribution in [3.8, 4) is 0 Å². The van der Waals surface area contributed by atoms with Crippen molar-refractivity contribution in [2.75, 3.05) is 26.3 Å². The zero-order valence-corrected chi connectivity index (χ0v) is 12.2. The Kier molecular flexibility index (Phi) is 4.83. The molecule has 1 amide bonds. The van der Waals surface area contributed by atoms with E-state index in [9.17, 15) is 4.79 Å². The van der Waals surface area contributed by atoms with E-state index in [-0.39, 0.29) is 17.7 Å². The van der Waals surface area contributed by atoms with E-state index in [1.165, 1.54) is 0 Å². The number of hydrogen-bond acceptors (Lipinski definition) is 2. The first-order chi connectivity index (χ1) is 9.09. The van der Waals surface area contributed by atoms with Crippen molar-refractivity contribution in [3.05, 3.63) is 34.9 Å². The van der Waals surface area contributed by atoms with Crippen molar-refractivity contribution in [1.82, 2.24) is 4.90 Å². The number of halogens is 1. The van der Waals surface area contributed by atoms with Gasteiger partial charge < -0.3 is 9.64 Å². The second-order valence-electron chi connectivity index (χ2n) is 5.21. The van der Waals surface area contributed by atoms with Gasteiger partial charge in [-0.25, -0.2) is 0 Å². The predicted octanol–water partition coefficient (Wildman–Crippen LogP) is 2.94. The van der Waals surface area contributed by atoms with Crippen molar-refractivity contribution in [2.45, 2.75) is 19.8 Å². The summed E-state index contributed by atoms with van der Waals surface area (Å²) >= 11 is 5.91. The lowest BCUT2D eigenvalue weighted by Crippen LogP contribution is -2.44. The maximum absolute atomic E-state index is 12.7. The summed E-state index contributed by atoms with van der Waals surface area (Å²) in [6.45, 7) is 6.81. The molecule has 1 unspecified atom stereocenters.